The van der Waals surface area contributed by atoms with Crippen LogP contribution in [0.25, 0.3) is 0 Å². The topological polar surface area (TPSA) is 34.1 Å². The van der Waals surface area contributed by atoms with Crippen LogP contribution < -0.4 is 0 Å². The summed E-state index contributed by atoms with van der Waals surface area (Å²) in [6, 6.07) is 7.18. The summed E-state index contributed by atoms with van der Waals surface area (Å²) in [6.45, 7) is 0. The van der Waals surface area contributed by atoms with Gasteiger partial charge in [0.25, 0.3) is 0 Å². The molecule has 0 amide bonds. The van der Waals surface area contributed by atoms with E-state index >= 15 is 0 Å². The first kappa shape index (κ1) is 11.1. The number of carbonyl (C=O) groups excluding carboxylic acids is 2. The number of ketones is 2. The molecule has 2 aliphatic rings. The number of hydrogen-bond acceptors (Lipinski definition) is 3. The van der Waals surface area contributed by atoms with Crippen LogP contribution in [-0.4, -0.2) is 11.6 Å². The minimum atomic E-state index is 0.0320. The molecule has 0 unspecified atom stereocenters. The lowest BCUT2D eigenvalue weighted by atomic mass is 9.84. The van der Waals surface area contributed by atoms with Crippen LogP contribution in [0.4, 0.5) is 0 Å². The number of carbonyl (C=O) groups is 2. The monoisotopic (exact) mass is 268 g/mol. The third-order valence-electron chi connectivity index (χ3n) is 4.02. The molecule has 0 atom stereocenters. The minimum absolute atomic E-state index is 0.0320. The highest BCUT2D eigenvalue weighted by atomic mass is 32.1. The average Bonchev–Trinajstić information content (AvgIpc) is 2.84. The van der Waals surface area contributed by atoms with Crippen molar-refractivity contribution < 1.29 is 9.59 Å². The molecule has 3 heteroatoms. The molecule has 19 heavy (non-hydrogen) atoms. The first-order chi connectivity index (χ1) is 9.27. The van der Waals surface area contributed by atoms with Crippen molar-refractivity contribution in [1.29, 1.82) is 0 Å². The van der Waals surface area contributed by atoms with E-state index in [2.05, 4.69) is 0 Å². The van der Waals surface area contributed by atoms with Crippen molar-refractivity contribution in [3.05, 3.63) is 56.3 Å². The summed E-state index contributed by atoms with van der Waals surface area (Å²) in [4.78, 5) is 27.1. The van der Waals surface area contributed by atoms with Gasteiger partial charge >= 0.3 is 0 Å². The lowest BCUT2D eigenvalue weighted by Gasteiger charge is -2.16. The second kappa shape index (κ2) is 3.87. The highest BCUT2D eigenvalue weighted by molar-refractivity contribution is 7.15. The number of benzene rings is 1. The predicted octanol–water partition coefficient (Wildman–Crippen LogP) is 3.40. The van der Waals surface area contributed by atoms with E-state index in [0.29, 0.717) is 21.6 Å². The third kappa shape index (κ3) is 1.42. The van der Waals surface area contributed by atoms with Crippen LogP contribution in [0.2, 0.25) is 0 Å². The number of fused-ring (bicyclic) bond motifs is 4. The molecule has 1 aromatic heterocycles. The zero-order valence-corrected chi connectivity index (χ0v) is 11.2. The van der Waals surface area contributed by atoms with Gasteiger partial charge in [0.05, 0.1) is 4.88 Å². The number of aryl methyl sites for hydroxylation is 1. The van der Waals surface area contributed by atoms with Crippen molar-refractivity contribution in [2.45, 2.75) is 25.7 Å². The van der Waals surface area contributed by atoms with E-state index in [1.807, 2.05) is 12.1 Å². The molecule has 0 fully saturated rings. The van der Waals surface area contributed by atoms with E-state index in [4.69, 9.17) is 0 Å². The van der Waals surface area contributed by atoms with Crippen LogP contribution in [-0.2, 0) is 12.8 Å². The largest absolute Gasteiger partial charge is 0.289 e. The number of hydrogen-bond donors (Lipinski definition) is 0. The molecule has 0 saturated heterocycles. The second-order valence-corrected chi connectivity index (χ2v) is 6.22. The zero-order valence-electron chi connectivity index (χ0n) is 10.4. The molecule has 0 spiro atoms. The molecule has 0 saturated carbocycles. The maximum atomic E-state index is 12.6. The zero-order chi connectivity index (χ0) is 13.0. The van der Waals surface area contributed by atoms with Crippen molar-refractivity contribution in [2.75, 3.05) is 0 Å². The fourth-order valence-corrected chi connectivity index (χ4v) is 4.44. The molecular formula is C16H12O2S. The van der Waals surface area contributed by atoms with Crippen molar-refractivity contribution in [1.82, 2.24) is 0 Å². The molecule has 4 rings (SSSR count). The SMILES string of the molecule is O=C1c2ccccc2C(=O)c2c1sc1c2CCCC1. The summed E-state index contributed by atoms with van der Waals surface area (Å²) < 4.78 is 0. The van der Waals surface area contributed by atoms with Gasteiger partial charge in [0.15, 0.2) is 5.78 Å². The Kier molecular flexibility index (Phi) is 2.27. The summed E-state index contributed by atoms with van der Waals surface area (Å²) in [5.74, 6) is 0.0780. The molecule has 0 bridgehead atoms. The van der Waals surface area contributed by atoms with Gasteiger partial charge in [0, 0.05) is 21.6 Å². The molecule has 94 valence electrons. The first-order valence-electron chi connectivity index (χ1n) is 6.60. The van der Waals surface area contributed by atoms with E-state index < -0.39 is 0 Å². The van der Waals surface area contributed by atoms with Crippen molar-refractivity contribution in [2.24, 2.45) is 0 Å². The van der Waals surface area contributed by atoms with Gasteiger partial charge in [-0.05, 0) is 31.2 Å². The van der Waals surface area contributed by atoms with Crippen LogP contribution in [0.5, 0.6) is 0 Å². The normalized spacial score (nSPS) is 16.8. The molecule has 1 aromatic carbocycles. The molecular weight excluding hydrogens is 256 g/mol. The number of rotatable bonds is 0. The summed E-state index contributed by atoms with van der Waals surface area (Å²) in [5.41, 5.74) is 3.01. The first-order valence-corrected chi connectivity index (χ1v) is 7.42. The Balaban J connectivity index is 2.01. The summed E-state index contributed by atoms with van der Waals surface area (Å²) >= 11 is 1.54. The van der Waals surface area contributed by atoms with Gasteiger partial charge in [-0.1, -0.05) is 24.3 Å². The smallest absolute Gasteiger partial charge is 0.204 e. The van der Waals surface area contributed by atoms with Gasteiger partial charge in [0.2, 0.25) is 5.78 Å². The van der Waals surface area contributed by atoms with Gasteiger partial charge < -0.3 is 0 Å². The van der Waals surface area contributed by atoms with E-state index in [1.54, 1.807) is 23.5 Å². The van der Waals surface area contributed by atoms with Crippen LogP contribution in [0.3, 0.4) is 0 Å². The Labute approximate surface area is 115 Å². The van der Waals surface area contributed by atoms with E-state index in [9.17, 15) is 9.59 Å². The van der Waals surface area contributed by atoms with Gasteiger partial charge in [-0.15, -0.1) is 11.3 Å². The van der Waals surface area contributed by atoms with Crippen LogP contribution in [0.15, 0.2) is 24.3 Å². The van der Waals surface area contributed by atoms with Crippen LogP contribution >= 0.6 is 11.3 Å². The Morgan fingerprint density at radius 1 is 0.895 bits per heavy atom. The molecule has 2 aliphatic carbocycles. The van der Waals surface area contributed by atoms with E-state index in [1.165, 1.54) is 11.3 Å². The Morgan fingerprint density at radius 2 is 1.58 bits per heavy atom. The van der Waals surface area contributed by atoms with Crippen molar-refractivity contribution in [3.63, 3.8) is 0 Å². The molecule has 2 aromatic rings. The van der Waals surface area contributed by atoms with Gasteiger partial charge in [-0.25, -0.2) is 0 Å². The lowest BCUT2D eigenvalue weighted by Crippen LogP contribution is -2.20. The summed E-state index contributed by atoms with van der Waals surface area (Å²) in [5, 5.41) is 0. The van der Waals surface area contributed by atoms with Crippen LogP contribution in [0, 0.1) is 0 Å². The average molecular weight is 268 g/mol. The maximum Gasteiger partial charge on any atom is 0.204 e. The van der Waals surface area contributed by atoms with Crippen LogP contribution in [0.1, 0.15) is 54.4 Å². The molecule has 2 nitrogen and oxygen atoms in total. The van der Waals surface area contributed by atoms with Gasteiger partial charge in [-0.3, -0.25) is 9.59 Å². The standard InChI is InChI=1S/C16H12O2S/c17-14-9-5-1-2-6-10(9)15(18)16-13(14)11-7-3-4-8-12(11)19-16/h1-2,5-6H,3-4,7-8H2. The maximum absolute atomic E-state index is 12.6. The second-order valence-electron chi connectivity index (χ2n) is 5.12. The van der Waals surface area contributed by atoms with Crippen molar-refractivity contribution >= 4 is 22.9 Å². The van der Waals surface area contributed by atoms with E-state index in [0.717, 1.165) is 24.8 Å². The fourth-order valence-electron chi connectivity index (χ4n) is 3.10. The molecule has 0 aliphatic heterocycles. The minimum Gasteiger partial charge on any atom is -0.289 e. The quantitative estimate of drug-likeness (QED) is 0.626. The Hall–Kier alpha value is -1.74. The Bertz CT molecular complexity index is 724. The number of thiophene rings is 1. The highest BCUT2D eigenvalue weighted by Crippen LogP contribution is 2.40. The molecule has 0 radical (unpaired) electrons. The van der Waals surface area contributed by atoms with Gasteiger partial charge in [0.1, 0.15) is 0 Å². The van der Waals surface area contributed by atoms with Crippen molar-refractivity contribution in [3.8, 4) is 0 Å². The Morgan fingerprint density at radius 3 is 2.37 bits per heavy atom. The molecule has 0 N–H and O–H groups in total. The van der Waals surface area contributed by atoms with Gasteiger partial charge in [-0.2, -0.15) is 0 Å². The molecule has 1 heterocycles. The highest BCUT2D eigenvalue weighted by Gasteiger charge is 2.35. The van der Waals surface area contributed by atoms with E-state index in [-0.39, 0.29) is 11.6 Å². The lowest BCUT2D eigenvalue weighted by molar-refractivity contribution is 0.0981. The summed E-state index contributed by atoms with van der Waals surface area (Å²) in [7, 11) is 0. The fraction of sp³-hybridized carbons (Fsp3) is 0.250. The summed E-state index contributed by atoms with van der Waals surface area (Å²) in [6.07, 6.45) is 4.26. The third-order valence-corrected chi connectivity index (χ3v) is 5.31. The predicted molar refractivity (Wildman–Crippen MR) is 74.3 cm³/mol.